The van der Waals surface area contributed by atoms with Crippen LogP contribution in [0.1, 0.15) is 106 Å². The Balaban J connectivity index is 1.21. The van der Waals surface area contributed by atoms with Crippen LogP contribution >= 0.6 is 0 Å². The van der Waals surface area contributed by atoms with E-state index in [0.29, 0.717) is 24.6 Å². The highest BCUT2D eigenvalue weighted by Gasteiger charge is 2.40. The first-order chi connectivity index (χ1) is 16.6. The van der Waals surface area contributed by atoms with Gasteiger partial charge in [-0.3, -0.25) is 19.7 Å². The van der Waals surface area contributed by atoms with E-state index < -0.39 is 6.04 Å². The van der Waals surface area contributed by atoms with Gasteiger partial charge in [0.2, 0.25) is 11.8 Å². The molecule has 2 heterocycles. The number of nitrogens with one attached hydrogen (secondary N) is 2. The molecule has 4 aliphatic rings. The zero-order chi connectivity index (χ0) is 23.5. The second kappa shape index (κ2) is 10.5. The summed E-state index contributed by atoms with van der Waals surface area (Å²) >= 11 is 0. The zero-order valence-electron chi connectivity index (χ0n) is 20.3. The minimum Gasteiger partial charge on any atom is -0.382 e. The number of imide groups is 1. The molecular formula is C28H39N3O3. The van der Waals surface area contributed by atoms with E-state index in [0.717, 1.165) is 23.1 Å². The summed E-state index contributed by atoms with van der Waals surface area (Å²) in [6.07, 6.45) is 16.9. The van der Waals surface area contributed by atoms with Crippen LogP contribution in [0.15, 0.2) is 18.2 Å². The highest BCUT2D eigenvalue weighted by atomic mass is 16.2. The van der Waals surface area contributed by atoms with Gasteiger partial charge < -0.3 is 10.2 Å². The van der Waals surface area contributed by atoms with Crippen molar-refractivity contribution in [3.8, 4) is 0 Å². The Hall–Kier alpha value is -2.37. The minimum atomic E-state index is -0.562. The van der Waals surface area contributed by atoms with E-state index in [-0.39, 0.29) is 24.1 Å². The van der Waals surface area contributed by atoms with Gasteiger partial charge in [0, 0.05) is 35.8 Å². The predicted octanol–water partition coefficient (Wildman–Crippen LogP) is 5.17. The molecule has 5 rings (SSSR count). The maximum atomic E-state index is 13.1. The molecule has 2 aliphatic carbocycles. The van der Waals surface area contributed by atoms with Crippen LogP contribution in [0.5, 0.6) is 0 Å². The van der Waals surface area contributed by atoms with Gasteiger partial charge in [0.1, 0.15) is 6.04 Å². The number of nitrogens with zero attached hydrogens (tertiary/aromatic N) is 1. The second-order valence-corrected chi connectivity index (χ2v) is 10.9. The van der Waals surface area contributed by atoms with Crippen molar-refractivity contribution in [2.24, 2.45) is 11.8 Å². The van der Waals surface area contributed by atoms with Gasteiger partial charge >= 0.3 is 0 Å². The summed E-state index contributed by atoms with van der Waals surface area (Å²) in [6, 6.07) is 5.75. The summed E-state index contributed by atoms with van der Waals surface area (Å²) in [5.41, 5.74) is 2.72. The van der Waals surface area contributed by atoms with Gasteiger partial charge in [0.15, 0.2) is 0 Å². The highest BCUT2D eigenvalue weighted by molar-refractivity contribution is 6.06. The first-order valence-corrected chi connectivity index (χ1v) is 13.6. The fraction of sp³-hybridized carbons (Fsp3) is 0.679. The van der Waals surface area contributed by atoms with E-state index in [2.05, 4.69) is 16.7 Å². The molecule has 1 saturated heterocycles. The molecule has 0 aromatic heterocycles. The lowest BCUT2D eigenvalue weighted by Gasteiger charge is -2.31. The SMILES string of the molecule is O=C1CCC(N2Cc3c(NC4CCCC(C5CCCCCC5)CCC4)cccc3C2=O)C(=O)N1. The van der Waals surface area contributed by atoms with Crippen LogP contribution in [0.3, 0.4) is 0 Å². The Morgan fingerprint density at radius 2 is 1.47 bits per heavy atom. The van der Waals surface area contributed by atoms with E-state index in [4.69, 9.17) is 0 Å². The van der Waals surface area contributed by atoms with Crippen LogP contribution in [-0.2, 0) is 16.1 Å². The summed E-state index contributed by atoms with van der Waals surface area (Å²) in [4.78, 5) is 38.7. The number of amides is 3. The summed E-state index contributed by atoms with van der Waals surface area (Å²) in [5.74, 6) is 1.17. The summed E-state index contributed by atoms with van der Waals surface area (Å²) in [5, 5.41) is 6.17. The van der Waals surface area contributed by atoms with E-state index >= 15 is 0 Å². The van der Waals surface area contributed by atoms with Gasteiger partial charge in [-0.25, -0.2) is 0 Å². The molecule has 0 bridgehead atoms. The predicted molar refractivity (Wildman–Crippen MR) is 132 cm³/mol. The van der Waals surface area contributed by atoms with Crippen LogP contribution in [-0.4, -0.2) is 34.7 Å². The average molecular weight is 466 g/mol. The van der Waals surface area contributed by atoms with Crippen molar-refractivity contribution in [1.29, 1.82) is 0 Å². The largest absolute Gasteiger partial charge is 0.382 e. The Bertz CT molecular complexity index is 911. The number of benzene rings is 1. The number of hydrogen-bond donors (Lipinski definition) is 2. The van der Waals surface area contributed by atoms with Gasteiger partial charge in [-0.2, -0.15) is 0 Å². The third-order valence-corrected chi connectivity index (χ3v) is 8.76. The maximum Gasteiger partial charge on any atom is 0.255 e. The topological polar surface area (TPSA) is 78.5 Å². The Kier molecular flexibility index (Phi) is 7.21. The smallest absolute Gasteiger partial charge is 0.255 e. The Morgan fingerprint density at radius 1 is 0.794 bits per heavy atom. The molecule has 2 N–H and O–H groups in total. The van der Waals surface area contributed by atoms with E-state index in [1.807, 2.05) is 12.1 Å². The molecule has 3 amide bonds. The number of rotatable bonds is 4. The number of carbonyl (C=O) groups is 3. The first kappa shape index (κ1) is 23.4. The maximum absolute atomic E-state index is 13.1. The van der Waals surface area contributed by atoms with E-state index in [1.54, 1.807) is 4.90 Å². The minimum absolute atomic E-state index is 0.0999. The van der Waals surface area contributed by atoms with Gasteiger partial charge in [-0.15, -0.1) is 0 Å². The van der Waals surface area contributed by atoms with E-state index in [1.165, 1.54) is 77.0 Å². The third-order valence-electron chi connectivity index (χ3n) is 8.76. The standard InChI is InChI=1S/C28H39N3O3/c32-26-17-16-25(27(33)30-26)31-18-23-22(28(31)34)14-7-15-24(23)29-21-12-5-10-20(11-6-13-21)19-8-3-1-2-4-9-19/h7,14-15,19-21,25,29H,1-6,8-13,16-18H2,(H,30,32,33). The zero-order valence-corrected chi connectivity index (χ0v) is 20.3. The molecule has 1 atom stereocenters. The molecule has 1 aromatic rings. The number of piperidine rings is 1. The van der Waals surface area contributed by atoms with Crippen LogP contribution in [0.2, 0.25) is 0 Å². The second-order valence-electron chi connectivity index (χ2n) is 10.9. The lowest BCUT2D eigenvalue weighted by molar-refractivity contribution is -0.136. The number of hydrogen-bond acceptors (Lipinski definition) is 4. The van der Waals surface area contributed by atoms with Crippen LogP contribution in [0.25, 0.3) is 0 Å². The monoisotopic (exact) mass is 465 g/mol. The van der Waals surface area contributed by atoms with Crippen LogP contribution in [0, 0.1) is 11.8 Å². The fourth-order valence-corrected chi connectivity index (χ4v) is 6.88. The molecule has 6 heteroatoms. The quantitative estimate of drug-likeness (QED) is 0.475. The lowest BCUT2D eigenvalue weighted by atomic mass is 9.77. The molecule has 0 radical (unpaired) electrons. The molecule has 1 aromatic carbocycles. The van der Waals surface area contributed by atoms with Crippen molar-refractivity contribution in [2.75, 3.05) is 5.32 Å². The van der Waals surface area contributed by atoms with Gasteiger partial charge in [0.25, 0.3) is 5.91 Å². The molecule has 3 fully saturated rings. The number of carbonyl (C=O) groups excluding carboxylic acids is 3. The Morgan fingerprint density at radius 3 is 2.15 bits per heavy atom. The molecule has 1 unspecified atom stereocenters. The van der Waals surface area contributed by atoms with Crippen molar-refractivity contribution < 1.29 is 14.4 Å². The summed E-state index contributed by atoms with van der Waals surface area (Å²) in [7, 11) is 0. The Labute approximate surface area is 203 Å². The van der Waals surface area contributed by atoms with Gasteiger partial charge in [-0.05, 0) is 43.2 Å². The molecule has 2 saturated carbocycles. The number of fused-ring (bicyclic) bond motifs is 1. The summed E-state index contributed by atoms with van der Waals surface area (Å²) < 4.78 is 0. The van der Waals surface area contributed by atoms with E-state index in [9.17, 15) is 14.4 Å². The van der Waals surface area contributed by atoms with Crippen molar-refractivity contribution in [3.05, 3.63) is 29.3 Å². The van der Waals surface area contributed by atoms with Crippen molar-refractivity contribution in [2.45, 2.75) is 109 Å². The van der Waals surface area contributed by atoms with Crippen molar-refractivity contribution >= 4 is 23.4 Å². The fourth-order valence-electron chi connectivity index (χ4n) is 6.88. The highest BCUT2D eigenvalue weighted by Crippen LogP contribution is 2.38. The normalized spacial score (nSPS) is 29.1. The van der Waals surface area contributed by atoms with Crippen LogP contribution in [0.4, 0.5) is 5.69 Å². The van der Waals surface area contributed by atoms with Crippen LogP contribution < -0.4 is 10.6 Å². The lowest BCUT2D eigenvalue weighted by Crippen LogP contribution is -2.52. The first-order valence-electron chi connectivity index (χ1n) is 13.6. The summed E-state index contributed by atoms with van der Waals surface area (Å²) in [6.45, 7) is 0.431. The van der Waals surface area contributed by atoms with Gasteiger partial charge in [-0.1, -0.05) is 70.3 Å². The molecule has 2 aliphatic heterocycles. The molecule has 6 nitrogen and oxygen atoms in total. The third kappa shape index (κ3) is 5.01. The molecule has 0 spiro atoms. The van der Waals surface area contributed by atoms with Crippen molar-refractivity contribution in [1.82, 2.24) is 10.2 Å². The van der Waals surface area contributed by atoms with Gasteiger partial charge in [0.05, 0.1) is 0 Å². The molecular weight excluding hydrogens is 426 g/mol. The molecule has 34 heavy (non-hydrogen) atoms. The number of anilines is 1. The van der Waals surface area contributed by atoms with Crippen molar-refractivity contribution in [3.63, 3.8) is 0 Å². The average Bonchev–Trinajstić information content (AvgIpc) is 2.97. The molecule has 184 valence electrons.